The molecule has 0 fully saturated rings. The molecule has 3 nitrogen and oxygen atoms in total. The number of fused-ring (bicyclic) bond motifs is 1. The Bertz CT molecular complexity index is 809. The fourth-order valence-electron chi connectivity index (χ4n) is 2.49. The third-order valence-electron chi connectivity index (χ3n) is 3.45. The molecular weight excluding hydrogens is 305 g/mol. The maximum absolute atomic E-state index is 6.13. The minimum atomic E-state index is 0.542. The normalized spacial score (nSPS) is 11.2. The number of imidazole rings is 1. The van der Waals surface area contributed by atoms with Gasteiger partial charge in [-0.2, -0.15) is 0 Å². The first kappa shape index (κ1) is 14.2. The monoisotopic (exact) mass is 319 g/mol. The molecule has 0 unspecified atom stereocenters. The van der Waals surface area contributed by atoms with E-state index in [0.717, 1.165) is 35.4 Å². The highest BCUT2D eigenvalue weighted by Crippen LogP contribution is 2.33. The summed E-state index contributed by atoms with van der Waals surface area (Å²) in [6.07, 6.45) is 1.00. The Kier molecular flexibility index (Phi) is 3.79. The van der Waals surface area contributed by atoms with Gasteiger partial charge < -0.3 is 10.3 Å². The fraction of sp³-hybridized carbons (Fsp3) is 0.188. The van der Waals surface area contributed by atoms with Crippen LogP contribution in [0.5, 0.6) is 0 Å². The second kappa shape index (κ2) is 5.58. The van der Waals surface area contributed by atoms with Gasteiger partial charge in [0, 0.05) is 17.1 Å². The van der Waals surface area contributed by atoms with Crippen LogP contribution in [0.1, 0.15) is 13.3 Å². The van der Waals surface area contributed by atoms with Gasteiger partial charge in [0.25, 0.3) is 0 Å². The standard InChI is InChI=1S/C16H15Cl2N3/c1-2-8-21-14-7-6-10(17)9-13(14)20-16(21)11-4-3-5-12(18)15(11)19/h3-7,9H,2,8,19H2,1H3. The van der Waals surface area contributed by atoms with E-state index in [1.807, 2.05) is 30.3 Å². The highest BCUT2D eigenvalue weighted by atomic mass is 35.5. The van der Waals surface area contributed by atoms with Crippen LogP contribution in [-0.4, -0.2) is 9.55 Å². The lowest BCUT2D eigenvalue weighted by Crippen LogP contribution is -2.02. The molecule has 0 aliphatic carbocycles. The Labute approximate surface area is 133 Å². The molecule has 5 heteroatoms. The van der Waals surface area contributed by atoms with E-state index >= 15 is 0 Å². The molecule has 3 rings (SSSR count). The van der Waals surface area contributed by atoms with Crippen molar-refractivity contribution in [1.29, 1.82) is 0 Å². The van der Waals surface area contributed by atoms with Crippen molar-refractivity contribution >= 4 is 39.9 Å². The summed E-state index contributed by atoms with van der Waals surface area (Å²) in [6, 6.07) is 11.3. The van der Waals surface area contributed by atoms with Crippen molar-refractivity contribution in [3.05, 3.63) is 46.4 Å². The first-order valence-corrected chi connectivity index (χ1v) is 7.57. The molecule has 21 heavy (non-hydrogen) atoms. The lowest BCUT2D eigenvalue weighted by atomic mass is 10.1. The van der Waals surface area contributed by atoms with E-state index in [1.54, 1.807) is 6.07 Å². The van der Waals surface area contributed by atoms with Crippen LogP contribution in [0.15, 0.2) is 36.4 Å². The Morgan fingerprint density at radius 2 is 2.00 bits per heavy atom. The third-order valence-corrected chi connectivity index (χ3v) is 4.02. The van der Waals surface area contributed by atoms with Crippen molar-refractivity contribution in [3.8, 4) is 11.4 Å². The predicted octanol–water partition coefficient (Wildman–Crippen LogP) is 5.00. The lowest BCUT2D eigenvalue weighted by Gasteiger charge is -2.10. The van der Waals surface area contributed by atoms with Gasteiger partial charge in [-0.3, -0.25) is 0 Å². The molecule has 0 saturated heterocycles. The van der Waals surface area contributed by atoms with Crippen LogP contribution in [0, 0.1) is 0 Å². The van der Waals surface area contributed by atoms with E-state index in [9.17, 15) is 0 Å². The van der Waals surface area contributed by atoms with Gasteiger partial charge in [-0.05, 0) is 36.8 Å². The largest absolute Gasteiger partial charge is 0.397 e. The molecule has 0 spiro atoms. The van der Waals surface area contributed by atoms with E-state index in [2.05, 4.69) is 11.5 Å². The summed E-state index contributed by atoms with van der Waals surface area (Å²) >= 11 is 12.2. The van der Waals surface area contributed by atoms with E-state index in [-0.39, 0.29) is 0 Å². The van der Waals surface area contributed by atoms with Crippen LogP contribution in [0.25, 0.3) is 22.4 Å². The molecule has 108 valence electrons. The Morgan fingerprint density at radius 3 is 2.76 bits per heavy atom. The number of nitrogen functional groups attached to an aromatic ring is 1. The Morgan fingerprint density at radius 1 is 1.19 bits per heavy atom. The first-order valence-electron chi connectivity index (χ1n) is 6.82. The van der Waals surface area contributed by atoms with Crippen LogP contribution in [-0.2, 0) is 6.54 Å². The number of nitrogens with zero attached hydrogens (tertiary/aromatic N) is 2. The van der Waals surface area contributed by atoms with Gasteiger partial charge in [0.1, 0.15) is 5.82 Å². The zero-order chi connectivity index (χ0) is 15.0. The van der Waals surface area contributed by atoms with E-state index in [0.29, 0.717) is 15.7 Å². The smallest absolute Gasteiger partial charge is 0.143 e. The summed E-state index contributed by atoms with van der Waals surface area (Å²) in [7, 11) is 0. The second-order valence-corrected chi connectivity index (χ2v) is 5.76. The molecule has 0 amide bonds. The molecular formula is C16H15Cl2N3. The molecule has 0 aliphatic rings. The van der Waals surface area contributed by atoms with Crippen molar-refractivity contribution < 1.29 is 0 Å². The topological polar surface area (TPSA) is 43.8 Å². The number of rotatable bonds is 3. The highest BCUT2D eigenvalue weighted by Gasteiger charge is 2.15. The van der Waals surface area contributed by atoms with E-state index in [4.69, 9.17) is 33.9 Å². The van der Waals surface area contributed by atoms with Crippen molar-refractivity contribution in [2.24, 2.45) is 0 Å². The number of hydrogen-bond donors (Lipinski definition) is 1. The molecule has 0 bridgehead atoms. The molecule has 2 N–H and O–H groups in total. The Hall–Kier alpha value is -1.71. The van der Waals surface area contributed by atoms with Crippen LogP contribution < -0.4 is 5.73 Å². The van der Waals surface area contributed by atoms with Crippen molar-refractivity contribution in [2.45, 2.75) is 19.9 Å². The van der Waals surface area contributed by atoms with Gasteiger partial charge in [0.2, 0.25) is 0 Å². The maximum Gasteiger partial charge on any atom is 0.143 e. The lowest BCUT2D eigenvalue weighted by molar-refractivity contribution is 0.704. The van der Waals surface area contributed by atoms with Gasteiger partial charge in [-0.25, -0.2) is 4.98 Å². The molecule has 0 atom stereocenters. The number of benzene rings is 2. The number of hydrogen-bond acceptors (Lipinski definition) is 2. The number of anilines is 1. The maximum atomic E-state index is 6.13. The number of aryl methyl sites for hydroxylation is 1. The van der Waals surface area contributed by atoms with Gasteiger partial charge in [-0.1, -0.05) is 36.2 Å². The molecule has 0 radical (unpaired) electrons. The number of halogens is 2. The molecule has 3 aromatic rings. The van der Waals surface area contributed by atoms with Crippen LogP contribution in [0.4, 0.5) is 5.69 Å². The van der Waals surface area contributed by atoms with Crippen LogP contribution >= 0.6 is 23.2 Å². The van der Waals surface area contributed by atoms with E-state index in [1.165, 1.54) is 0 Å². The summed E-state index contributed by atoms with van der Waals surface area (Å²) in [5, 5.41) is 1.22. The fourth-order valence-corrected chi connectivity index (χ4v) is 2.83. The van der Waals surface area contributed by atoms with Gasteiger partial charge in [-0.15, -0.1) is 0 Å². The number of nitrogens with two attached hydrogens (primary N) is 1. The Balaban J connectivity index is 2.30. The zero-order valence-electron chi connectivity index (χ0n) is 11.6. The highest BCUT2D eigenvalue weighted by molar-refractivity contribution is 6.33. The van der Waals surface area contributed by atoms with Gasteiger partial charge >= 0.3 is 0 Å². The van der Waals surface area contributed by atoms with Crippen molar-refractivity contribution in [2.75, 3.05) is 5.73 Å². The summed E-state index contributed by atoms with van der Waals surface area (Å²) in [5.41, 5.74) is 9.44. The number of para-hydroxylation sites is 1. The SMILES string of the molecule is CCCn1c(-c2cccc(Cl)c2N)nc2cc(Cl)ccc21. The minimum Gasteiger partial charge on any atom is -0.397 e. The van der Waals surface area contributed by atoms with Crippen molar-refractivity contribution in [3.63, 3.8) is 0 Å². The van der Waals surface area contributed by atoms with Gasteiger partial charge in [0.05, 0.1) is 21.7 Å². The minimum absolute atomic E-state index is 0.542. The van der Waals surface area contributed by atoms with Gasteiger partial charge in [0.15, 0.2) is 0 Å². The summed E-state index contributed by atoms with van der Waals surface area (Å²) in [6.45, 7) is 2.99. The molecule has 0 aliphatic heterocycles. The third kappa shape index (κ3) is 2.47. The molecule has 2 aromatic carbocycles. The van der Waals surface area contributed by atoms with Crippen LogP contribution in [0.2, 0.25) is 10.0 Å². The summed E-state index contributed by atoms with van der Waals surface area (Å²) in [5.74, 6) is 0.828. The second-order valence-electron chi connectivity index (χ2n) is 4.92. The van der Waals surface area contributed by atoms with E-state index < -0.39 is 0 Å². The van der Waals surface area contributed by atoms with Crippen LogP contribution in [0.3, 0.4) is 0 Å². The zero-order valence-corrected chi connectivity index (χ0v) is 13.1. The first-order chi connectivity index (χ1) is 10.1. The summed E-state index contributed by atoms with van der Waals surface area (Å²) in [4.78, 5) is 4.70. The summed E-state index contributed by atoms with van der Waals surface area (Å²) < 4.78 is 2.16. The predicted molar refractivity (Wildman–Crippen MR) is 89.9 cm³/mol. The molecule has 1 aromatic heterocycles. The number of aromatic nitrogens is 2. The molecule has 0 saturated carbocycles. The average Bonchev–Trinajstić information content (AvgIpc) is 2.80. The van der Waals surface area contributed by atoms with Crippen molar-refractivity contribution in [1.82, 2.24) is 9.55 Å². The quantitative estimate of drug-likeness (QED) is 0.690. The molecule has 1 heterocycles. The average molecular weight is 320 g/mol.